The number of ether oxygens (including phenoxy) is 1. The van der Waals surface area contributed by atoms with Gasteiger partial charge in [0.05, 0.1) is 12.0 Å². The van der Waals surface area contributed by atoms with Crippen molar-refractivity contribution in [1.29, 1.82) is 0 Å². The number of anilines is 1. The Kier molecular flexibility index (Phi) is 6.36. The molecule has 8 nitrogen and oxygen atoms in total. The highest BCUT2D eigenvalue weighted by atomic mass is 16.6. The summed E-state index contributed by atoms with van der Waals surface area (Å²) < 4.78 is 5.21. The van der Waals surface area contributed by atoms with E-state index in [1.54, 1.807) is 24.1 Å². The van der Waals surface area contributed by atoms with Crippen LogP contribution in [0.4, 0.5) is 11.4 Å². The molecule has 1 amide bonds. The minimum Gasteiger partial charge on any atom is -0.497 e. The van der Waals surface area contributed by atoms with Crippen molar-refractivity contribution in [3.05, 3.63) is 63.7 Å². The van der Waals surface area contributed by atoms with Gasteiger partial charge in [0, 0.05) is 50.4 Å². The van der Waals surface area contributed by atoms with Gasteiger partial charge in [-0.15, -0.1) is 0 Å². The number of carbonyl (C=O) groups excluding carboxylic acids is 1. The van der Waals surface area contributed by atoms with Crippen LogP contribution in [0, 0.1) is 10.1 Å². The molecule has 2 aromatic carbocycles. The van der Waals surface area contributed by atoms with Gasteiger partial charge >= 0.3 is 0 Å². The first kappa shape index (κ1) is 21.1. The maximum atomic E-state index is 13.1. The average molecular weight is 425 g/mol. The van der Waals surface area contributed by atoms with Crippen molar-refractivity contribution in [2.45, 2.75) is 31.8 Å². The van der Waals surface area contributed by atoms with Crippen LogP contribution in [0.15, 0.2) is 42.5 Å². The zero-order chi connectivity index (χ0) is 21.8. The second-order valence-electron chi connectivity index (χ2n) is 8.18. The van der Waals surface area contributed by atoms with Crippen LogP contribution in [0.1, 0.15) is 35.2 Å². The molecule has 4 rings (SSSR count). The summed E-state index contributed by atoms with van der Waals surface area (Å²) in [4.78, 5) is 28.3. The van der Waals surface area contributed by atoms with Crippen LogP contribution >= 0.6 is 0 Å². The van der Waals surface area contributed by atoms with Gasteiger partial charge in [0.15, 0.2) is 0 Å². The zero-order valence-corrected chi connectivity index (χ0v) is 17.8. The summed E-state index contributed by atoms with van der Waals surface area (Å²) in [7, 11) is 1.65. The minimum absolute atomic E-state index is 0.0336. The maximum absolute atomic E-state index is 13.1. The Bertz CT molecular complexity index is 943. The zero-order valence-electron chi connectivity index (χ0n) is 17.8. The molecular weight excluding hydrogens is 396 g/mol. The van der Waals surface area contributed by atoms with Crippen molar-refractivity contribution in [3.8, 4) is 5.75 Å². The molecule has 2 aromatic rings. The Morgan fingerprint density at radius 2 is 1.90 bits per heavy atom. The quantitative estimate of drug-likeness (QED) is 0.540. The number of carbonyl (C=O) groups is 1. The number of rotatable bonds is 7. The lowest BCUT2D eigenvalue weighted by atomic mass is 10.1. The van der Waals surface area contributed by atoms with Crippen LogP contribution in [0.3, 0.4) is 0 Å². The van der Waals surface area contributed by atoms with Crippen LogP contribution in [0.2, 0.25) is 0 Å². The number of methoxy groups -OCH3 is 1. The Morgan fingerprint density at radius 1 is 1.13 bits per heavy atom. The molecule has 0 atom stereocenters. The van der Waals surface area contributed by atoms with Gasteiger partial charge in [-0.3, -0.25) is 19.8 Å². The van der Waals surface area contributed by atoms with E-state index in [-0.39, 0.29) is 11.6 Å². The van der Waals surface area contributed by atoms with Crippen molar-refractivity contribution in [3.63, 3.8) is 0 Å². The summed E-state index contributed by atoms with van der Waals surface area (Å²) in [6.07, 6.45) is 2.92. The topological polar surface area (TPSA) is 88.0 Å². The van der Waals surface area contributed by atoms with Crippen molar-refractivity contribution in [2.75, 3.05) is 38.6 Å². The molecule has 0 bridgehead atoms. The number of nitro benzene ring substituents is 1. The molecule has 1 saturated heterocycles. The van der Waals surface area contributed by atoms with Gasteiger partial charge in [-0.05, 0) is 49.1 Å². The highest BCUT2D eigenvalue weighted by Gasteiger charge is 2.27. The van der Waals surface area contributed by atoms with Crippen molar-refractivity contribution >= 4 is 17.3 Å². The van der Waals surface area contributed by atoms with Crippen LogP contribution in [-0.4, -0.2) is 60.0 Å². The van der Waals surface area contributed by atoms with E-state index in [4.69, 9.17) is 4.74 Å². The second-order valence-corrected chi connectivity index (χ2v) is 8.18. The lowest BCUT2D eigenvalue weighted by Gasteiger charge is -2.22. The third kappa shape index (κ3) is 5.32. The molecular formula is C23H28N4O4. The standard InChI is InChI=1S/C23H28N4O4/c1-31-20-8-3-17(4-9-20)16-25-11-2-12-26(14-13-25)23(28)18-5-10-21(24-19-6-7-19)22(15-18)27(29)30/h3-5,8-10,15,19,24H,2,6-7,11-14,16H2,1H3. The van der Waals surface area contributed by atoms with Gasteiger partial charge in [-0.25, -0.2) is 0 Å². The Hall–Kier alpha value is -3.13. The first-order chi connectivity index (χ1) is 15.0. The first-order valence-electron chi connectivity index (χ1n) is 10.7. The van der Waals surface area contributed by atoms with Gasteiger partial charge in [0.25, 0.3) is 11.6 Å². The molecule has 1 aliphatic heterocycles. The number of benzene rings is 2. The predicted molar refractivity (Wildman–Crippen MR) is 119 cm³/mol. The highest BCUT2D eigenvalue weighted by molar-refractivity contribution is 5.95. The molecule has 2 fully saturated rings. The fourth-order valence-corrected chi connectivity index (χ4v) is 3.89. The van der Waals surface area contributed by atoms with E-state index in [0.717, 1.165) is 44.6 Å². The number of hydrogen-bond donors (Lipinski definition) is 1. The summed E-state index contributed by atoms with van der Waals surface area (Å²) >= 11 is 0. The largest absolute Gasteiger partial charge is 0.497 e. The number of hydrogen-bond acceptors (Lipinski definition) is 6. The molecule has 0 aromatic heterocycles. The molecule has 164 valence electrons. The van der Waals surface area contributed by atoms with Gasteiger partial charge in [0.1, 0.15) is 11.4 Å². The molecule has 0 radical (unpaired) electrons. The average Bonchev–Trinajstić information content (AvgIpc) is 3.61. The van der Waals surface area contributed by atoms with E-state index in [2.05, 4.69) is 22.3 Å². The molecule has 1 saturated carbocycles. The van der Waals surface area contributed by atoms with Crippen molar-refractivity contribution < 1.29 is 14.5 Å². The number of amides is 1. The smallest absolute Gasteiger partial charge is 0.293 e. The lowest BCUT2D eigenvalue weighted by molar-refractivity contribution is -0.384. The third-order valence-corrected chi connectivity index (χ3v) is 5.82. The summed E-state index contributed by atoms with van der Waals surface area (Å²) in [6, 6.07) is 13.1. The first-order valence-corrected chi connectivity index (χ1v) is 10.7. The molecule has 1 aliphatic carbocycles. The predicted octanol–water partition coefficient (Wildman–Crippen LogP) is 3.53. The molecule has 0 unspecified atom stereocenters. The Balaban J connectivity index is 1.39. The van der Waals surface area contributed by atoms with Crippen molar-refractivity contribution in [1.82, 2.24) is 9.80 Å². The van der Waals surface area contributed by atoms with Gasteiger partial charge < -0.3 is 15.0 Å². The number of nitrogens with zero attached hydrogens (tertiary/aromatic N) is 3. The van der Waals surface area contributed by atoms with E-state index < -0.39 is 4.92 Å². The maximum Gasteiger partial charge on any atom is 0.293 e. The van der Waals surface area contributed by atoms with Crippen LogP contribution in [-0.2, 0) is 6.54 Å². The van der Waals surface area contributed by atoms with E-state index in [1.165, 1.54) is 11.6 Å². The fraction of sp³-hybridized carbons (Fsp3) is 0.435. The van der Waals surface area contributed by atoms with E-state index >= 15 is 0 Å². The molecule has 2 aliphatic rings. The molecule has 1 N–H and O–H groups in total. The van der Waals surface area contributed by atoms with Crippen LogP contribution in [0.5, 0.6) is 5.75 Å². The molecule has 0 spiro atoms. The van der Waals surface area contributed by atoms with E-state index in [9.17, 15) is 14.9 Å². The highest BCUT2D eigenvalue weighted by Crippen LogP contribution is 2.32. The molecule has 8 heteroatoms. The summed E-state index contributed by atoms with van der Waals surface area (Å²) in [5.41, 5.74) is 2.03. The number of nitro groups is 1. The summed E-state index contributed by atoms with van der Waals surface area (Å²) in [5.74, 6) is 0.691. The molecule has 1 heterocycles. The monoisotopic (exact) mass is 424 g/mol. The summed E-state index contributed by atoms with van der Waals surface area (Å²) in [5, 5.41) is 14.7. The summed E-state index contributed by atoms with van der Waals surface area (Å²) in [6.45, 7) is 3.74. The lowest BCUT2D eigenvalue weighted by Crippen LogP contribution is -2.35. The van der Waals surface area contributed by atoms with Crippen LogP contribution < -0.4 is 10.1 Å². The number of nitrogens with one attached hydrogen (secondary N) is 1. The van der Waals surface area contributed by atoms with E-state index in [0.29, 0.717) is 30.4 Å². The van der Waals surface area contributed by atoms with Crippen LogP contribution in [0.25, 0.3) is 0 Å². The fourth-order valence-electron chi connectivity index (χ4n) is 3.89. The molecule has 31 heavy (non-hydrogen) atoms. The minimum atomic E-state index is -0.416. The third-order valence-electron chi connectivity index (χ3n) is 5.82. The van der Waals surface area contributed by atoms with Crippen molar-refractivity contribution in [2.24, 2.45) is 0 Å². The van der Waals surface area contributed by atoms with Gasteiger partial charge in [-0.1, -0.05) is 12.1 Å². The second kappa shape index (κ2) is 9.34. The van der Waals surface area contributed by atoms with Gasteiger partial charge in [0.2, 0.25) is 0 Å². The van der Waals surface area contributed by atoms with Gasteiger partial charge in [-0.2, -0.15) is 0 Å². The normalized spacial score (nSPS) is 17.1. The van der Waals surface area contributed by atoms with E-state index in [1.807, 2.05) is 12.1 Å². The Labute approximate surface area is 181 Å². The Morgan fingerprint density at radius 3 is 2.58 bits per heavy atom. The SMILES string of the molecule is COc1ccc(CN2CCCN(C(=O)c3ccc(NC4CC4)c([N+](=O)[O-])c3)CC2)cc1.